The van der Waals surface area contributed by atoms with Crippen LogP contribution in [0.2, 0.25) is 0 Å². The summed E-state index contributed by atoms with van der Waals surface area (Å²) in [5.41, 5.74) is 5.44. The maximum atomic E-state index is 11.5. The summed E-state index contributed by atoms with van der Waals surface area (Å²) in [6, 6.07) is 2.32. The summed E-state index contributed by atoms with van der Waals surface area (Å²) >= 11 is 0. The van der Waals surface area contributed by atoms with Crippen molar-refractivity contribution in [1.29, 1.82) is 0 Å². The Bertz CT molecular complexity index is 1040. The van der Waals surface area contributed by atoms with Crippen LogP contribution in [0.4, 0.5) is 11.4 Å². The number of rotatable bonds is 3. The molecule has 5 N–H and O–H groups in total. The maximum Gasteiger partial charge on any atom is 0.295 e. The fourth-order valence-electron chi connectivity index (χ4n) is 2.04. The smallest absolute Gasteiger partial charge is 0.295 e. The second kappa shape index (κ2) is 5.42. The van der Waals surface area contributed by atoms with Crippen molar-refractivity contribution in [2.45, 2.75) is 9.79 Å². The van der Waals surface area contributed by atoms with E-state index in [1.165, 1.54) is 7.05 Å². The molecule has 2 aromatic carbocycles. The Labute approximate surface area is 130 Å². The molecule has 0 radical (unpaired) electrons. The van der Waals surface area contributed by atoms with Gasteiger partial charge >= 0.3 is 0 Å². The average Bonchev–Trinajstić information content (AvgIpc) is 2.39. The molecule has 0 aliphatic rings. The van der Waals surface area contributed by atoms with Crippen LogP contribution >= 0.6 is 0 Å². The summed E-state index contributed by atoms with van der Waals surface area (Å²) in [6.45, 7) is 0. The van der Waals surface area contributed by atoms with Gasteiger partial charge in [0.05, 0.1) is 16.0 Å². The number of anilines is 1. The maximum absolute atomic E-state index is 11.5. The van der Waals surface area contributed by atoms with Crippen molar-refractivity contribution < 1.29 is 31.0 Å². The summed E-state index contributed by atoms with van der Waals surface area (Å²) in [5.74, 6) is -0.717. The van der Waals surface area contributed by atoms with Gasteiger partial charge in [0, 0.05) is 18.5 Å². The van der Waals surface area contributed by atoms with Gasteiger partial charge in [0.1, 0.15) is 16.3 Å². The Morgan fingerprint density at radius 3 is 2.13 bits per heavy atom. The predicted molar refractivity (Wildman–Crippen MR) is 80.1 cm³/mol. The molecular weight excluding hydrogens is 350 g/mol. The van der Waals surface area contributed by atoms with Gasteiger partial charge in [0.2, 0.25) is 0 Å². The van der Waals surface area contributed by atoms with Gasteiger partial charge < -0.3 is 10.8 Å². The molecule has 0 aliphatic heterocycles. The molecule has 0 saturated heterocycles. The second-order valence-corrected chi connectivity index (χ2v) is 7.23. The number of hydrogen-bond acceptors (Lipinski definition) is 8. The van der Waals surface area contributed by atoms with E-state index in [4.69, 9.17) is 10.3 Å². The number of aromatic hydroxyl groups is 1. The molecule has 0 bridgehead atoms. The van der Waals surface area contributed by atoms with Crippen molar-refractivity contribution in [1.82, 2.24) is 0 Å². The molecule has 0 heterocycles. The standard InChI is InChI=1S/C11H11N3O7S2/c1-13-14-7-4-9(23(19,20)21)6-2-5(22(16,17)18)3-8(15)10(6)11(7)12/h2-4,15H,12H2,1H3,(H,16,17,18)(H,19,20,21)/b14-13-. The van der Waals surface area contributed by atoms with Crippen molar-refractivity contribution in [3.05, 3.63) is 18.2 Å². The molecule has 0 atom stereocenters. The van der Waals surface area contributed by atoms with Crippen LogP contribution in [0, 0.1) is 0 Å². The molecule has 0 spiro atoms. The minimum Gasteiger partial charge on any atom is -0.507 e. The highest BCUT2D eigenvalue weighted by Crippen LogP contribution is 2.41. The van der Waals surface area contributed by atoms with Crippen LogP contribution in [0.25, 0.3) is 10.8 Å². The van der Waals surface area contributed by atoms with Crippen LogP contribution < -0.4 is 5.73 Å². The zero-order valence-electron chi connectivity index (χ0n) is 11.5. The van der Waals surface area contributed by atoms with Crippen LogP contribution in [-0.4, -0.2) is 38.1 Å². The number of phenolic OH excluding ortho intramolecular Hbond substituents is 1. The molecule has 10 nitrogen and oxygen atoms in total. The third-order valence-electron chi connectivity index (χ3n) is 2.95. The largest absolute Gasteiger partial charge is 0.507 e. The van der Waals surface area contributed by atoms with E-state index in [2.05, 4.69) is 10.2 Å². The topological polar surface area (TPSA) is 180 Å². The van der Waals surface area contributed by atoms with E-state index < -0.39 is 41.2 Å². The number of fused-ring (bicyclic) bond motifs is 1. The lowest BCUT2D eigenvalue weighted by Crippen LogP contribution is -2.04. The number of nitrogen functional groups attached to an aromatic ring is 1. The van der Waals surface area contributed by atoms with Crippen molar-refractivity contribution >= 4 is 42.4 Å². The fraction of sp³-hybridized carbons (Fsp3) is 0.0909. The molecule has 124 valence electrons. The zero-order valence-corrected chi connectivity index (χ0v) is 13.1. The Balaban J connectivity index is 3.14. The van der Waals surface area contributed by atoms with Crippen LogP contribution in [0.15, 0.2) is 38.2 Å². The first-order valence-corrected chi connectivity index (χ1v) is 8.69. The number of hydrogen-bond donors (Lipinski definition) is 4. The number of phenols is 1. The lowest BCUT2D eigenvalue weighted by molar-refractivity contribution is 0.470. The van der Waals surface area contributed by atoms with E-state index in [0.717, 1.165) is 12.1 Å². The van der Waals surface area contributed by atoms with Crippen molar-refractivity contribution in [2.24, 2.45) is 10.2 Å². The van der Waals surface area contributed by atoms with Gasteiger partial charge in [-0.15, -0.1) is 0 Å². The monoisotopic (exact) mass is 361 g/mol. The second-order valence-electron chi connectivity index (χ2n) is 4.42. The first-order chi connectivity index (χ1) is 10.5. The molecular formula is C11H11N3O7S2. The fourth-order valence-corrected chi connectivity index (χ4v) is 3.27. The molecule has 0 unspecified atom stereocenters. The first kappa shape index (κ1) is 17.1. The highest BCUT2D eigenvalue weighted by atomic mass is 32.2. The molecule has 0 aliphatic carbocycles. The van der Waals surface area contributed by atoms with Gasteiger partial charge in [-0.1, -0.05) is 0 Å². The van der Waals surface area contributed by atoms with Crippen molar-refractivity contribution in [3.8, 4) is 5.75 Å². The van der Waals surface area contributed by atoms with E-state index in [-0.39, 0.29) is 16.8 Å². The SMILES string of the molecule is C/N=N\c1cc(S(=O)(=O)O)c2cc(S(=O)(=O)O)cc(O)c2c1N. The minimum atomic E-state index is -4.81. The number of benzene rings is 2. The normalized spacial score (nSPS) is 13.0. The van der Waals surface area contributed by atoms with Gasteiger partial charge in [0.25, 0.3) is 20.2 Å². The Kier molecular flexibility index (Phi) is 4.02. The number of nitrogens with zero attached hydrogens (tertiary/aromatic N) is 2. The van der Waals surface area contributed by atoms with E-state index in [0.29, 0.717) is 6.07 Å². The minimum absolute atomic E-state index is 0.150. The predicted octanol–water partition coefficient (Wildman–Crippen LogP) is 1.33. The van der Waals surface area contributed by atoms with Crippen molar-refractivity contribution in [3.63, 3.8) is 0 Å². The molecule has 23 heavy (non-hydrogen) atoms. The van der Waals surface area contributed by atoms with Gasteiger partial charge in [0.15, 0.2) is 0 Å². The number of nitrogens with two attached hydrogens (primary N) is 1. The molecule has 0 saturated carbocycles. The van der Waals surface area contributed by atoms with Crippen LogP contribution in [-0.2, 0) is 20.2 Å². The zero-order chi connectivity index (χ0) is 17.6. The molecule has 0 fully saturated rings. The Hall–Kier alpha value is -2.28. The van der Waals surface area contributed by atoms with E-state index in [1.54, 1.807) is 0 Å². The van der Waals surface area contributed by atoms with Gasteiger partial charge in [-0.05, 0) is 12.1 Å². The highest BCUT2D eigenvalue weighted by molar-refractivity contribution is 7.86. The Morgan fingerprint density at radius 2 is 1.65 bits per heavy atom. The van der Waals surface area contributed by atoms with E-state index >= 15 is 0 Å². The van der Waals surface area contributed by atoms with E-state index in [9.17, 15) is 26.5 Å². The summed E-state index contributed by atoms with van der Waals surface area (Å²) < 4.78 is 63.9. The lowest BCUT2D eigenvalue weighted by atomic mass is 10.1. The third kappa shape index (κ3) is 3.10. The summed E-state index contributed by atoms with van der Waals surface area (Å²) in [5, 5.41) is 16.3. The summed E-state index contributed by atoms with van der Waals surface area (Å²) in [4.78, 5) is -1.51. The summed E-state index contributed by atoms with van der Waals surface area (Å²) in [6.07, 6.45) is 0. The highest BCUT2D eigenvalue weighted by Gasteiger charge is 2.23. The lowest BCUT2D eigenvalue weighted by Gasteiger charge is -2.12. The van der Waals surface area contributed by atoms with Gasteiger partial charge in [-0.2, -0.15) is 27.1 Å². The average molecular weight is 361 g/mol. The summed E-state index contributed by atoms with van der Waals surface area (Å²) in [7, 11) is -8.25. The van der Waals surface area contributed by atoms with E-state index in [1.807, 2.05) is 0 Å². The van der Waals surface area contributed by atoms with Crippen molar-refractivity contribution in [2.75, 3.05) is 12.8 Å². The van der Waals surface area contributed by atoms with Crippen LogP contribution in [0.5, 0.6) is 5.75 Å². The Morgan fingerprint density at radius 1 is 1.04 bits per heavy atom. The molecule has 0 amide bonds. The van der Waals surface area contributed by atoms with Crippen LogP contribution in [0.1, 0.15) is 0 Å². The molecule has 2 rings (SSSR count). The van der Waals surface area contributed by atoms with Gasteiger partial charge in [-0.3, -0.25) is 9.11 Å². The molecule has 2 aromatic rings. The first-order valence-electron chi connectivity index (χ1n) is 5.81. The van der Waals surface area contributed by atoms with Gasteiger partial charge in [-0.25, -0.2) is 0 Å². The third-order valence-corrected chi connectivity index (χ3v) is 4.68. The quantitative estimate of drug-likeness (QED) is 0.359. The number of azo groups is 1. The molecule has 12 heteroatoms. The van der Waals surface area contributed by atoms with Crippen LogP contribution in [0.3, 0.4) is 0 Å². The molecule has 0 aromatic heterocycles.